The van der Waals surface area contributed by atoms with Gasteiger partial charge in [0.1, 0.15) is 11.0 Å². The topological polar surface area (TPSA) is 64.1 Å². The number of ether oxygens (including phenoxy) is 1. The number of thiazole rings is 1. The zero-order valence-corrected chi connectivity index (χ0v) is 13.3. The van der Waals surface area contributed by atoms with E-state index in [4.69, 9.17) is 4.74 Å². The molecule has 2 heterocycles. The molecule has 0 spiro atoms. The van der Waals surface area contributed by atoms with Gasteiger partial charge in [0.15, 0.2) is 0 Å². The van der Waals surface area contributed by atoms with Gasteiger partial charge in [-0.1, -0.05) is 6.07 Å². The molecule has 1 aliphatic rings. The summed E-state index contributed by atoms with van der Waals surface area (Å²) in [5, 5.41) is 3.11. The van der Waals surface area contributed by atoms with Crippen LogP contribution in [0, 0.1) is 6.92 Å². The second-order valence-corrected chi connectivity index (χ2v) is 6.35. The number of carbonyl (C=O) groups excluding carboxylic acids is 1. The van der Waals surface area contributed by atoms with Gasteiger partial charge in [-0.05, 0) is 38.7 Å². The SMILES string of the molecule is Cc1ncsc1C(=O)NC1CCC(Oc2ccccn2)CC1. The van der Waals surface area contributed by atoms with Crippen molar-refractivity contribution < 1.29 is 9.53 Å². The maximum Gasteiger partial charge on any atom is 0.263 e. The number of nitrogens with zero attached hydrogens (tertiary/aromatic N) is 2. The monoisotopic (exact) mass is 317 g/mol. The number of pyridine rings is 1. The molecule has 0 radical (unpaired) electrons. The minimum Gasteiger partial charge on any atom is -0.474 e. The van der Waals surface area contributed by atoms with Crippen molar-refractivity contribution in [3.05, 3.63) is 40.5 Å². The van der Waals surface area contributed by atoms with Gasteiger partial charge < -0.3 is 10.1 Å². The Morgan fingerprint density at radius 3 is 2.73 bits per heavy atom. The van der Waals surface area contributed by atoms with Gasteiger partial charge >= 0.3 is 0 Å². The normalized spacial score (nSPS) is 21.3. The van der Waals surface area contributed by atoms with Crippen LogP contribution in [0.25, 0.3) is 0 Å². The average molecular weight is 317 g/mol. The number of rotatable bonds is 4. The standard InChI is InChI=1S/C16H19N3O2S/c1-11-15(22-10-18-11)16(20)19-12-5-7-13(8-6-12)21-14-4-2-3-9-17-14/h2-4,9-10,12-13H,5-8H2,1H3,(H,19,20). The second kappa shape index (κ2) is 6.87. The van der Waals surface area contributed by atoms with Crippen molar-refractivity contribution in [2.24, 2.45) is 0 Å². The predicted molar refractivity (Wildman–Crippen MR) is 85.2 cm³/mol. The molecule has 2 aromatic heterocycles. The molecule has 1 fully saturated rings. The molecule has 1 N–H and O–H groups in total. The van der Waals surface area contributed by atoms with Gasteiger partial charge in [0, 0.05) is 18.3 Å². The van der Waals surface area contributed by atoms with E-state index in [-0.39, 0.29) is 18.1 Å². The van der Waals surface area contributed by atoms with Gasteiger partial charge in [-0.15, -0.1) is 11.3 Å². The van der Waals surface area contributed by atoms with E-state index in [0.717, 1.165) is 31.4 Å². The number of hydrogen-bond donors (Lipinski definition) is 1. The van der Waals surface area contributed by atoms with Crippen LogP contribution in [0.4, 0.5) is 0 Å². The van der Waals surface area contributed by atoms with E-state index in [0.29, 0.717) is 10.8 Å². The van der Waals surface area contributed by atoms with E-state index in [2.05, 4.69) is 15.3 Å². The van der Waals surface area contributed by atoms with E-state index in [1.165, 1.54) is 11.3 Å². The Labute approximate surface area is 133 Å². The van der Waals surface area contributed by atoms with Crippen LogP contribution in [0.3, 0.4) is 0 Å². The fraction of sp³-hybridized carbons (Fsp3) is 0.438. The third kappa shape index (κ3) is 3.62. The Kier molecular flexibility index (Phi) is 4.68. The lowest BCUT2D eigenvalue weighted by Crippen LogP contribution is -2.39. The van der Waals surface area contributed by atoms with E-state index >= 15 is 0 Å². The summed E-state index contributed by atoms with van der Waals surface area (Å²) >= 11 is 1.39. The van der Waals surface area contributed by atoms with E-state index in [1.54, 1.807) is 11.7 Å². The van der Waals surface area contributed by atoms with Crippen molar-refractivity contribution in [2.75, 3.05) is 0 Å². The molecule has 0 aliphatic heterocycles. The number of hydrogen-bond acceptors (Lipinski definition) is 5. The summed E-state index contributed by atoms with van der Waals surface area (Å²) in [6, 6.07) is 5.89. The van der Waals surface area contributed by atoms with E-state index in [9.17, 15) is 4.79 Å². The lowest BCUT2D eigenvalue weighted by atomic mass is 9.93. The van der Waals surface area contributed by atoms with Crippen LogP contribution in [0.2, 0.25) is 0 Å². The summed E-state index contributed by atoms with van der Waals surface area (Å²) in [7, 11) is 0. The van der Waals surface area contributed by atoms with Crippen molar-refractivity contribution in [1.29, 1.82) is 0 Å². The largest absolute Gasteiger partial charge is 0.474 e. The van der Waals surface area contributed by atoms with Crippen molar-refractivity contribution >= 4 is 17.2 Å². The Bertz CT molecular complexity index is 621. The minimum absolute atomic E-state index is 0.00547. The number of aryl methyl sites for hydroxylation is 1. The summed E-state index contributed by atoms with van der Waals surface area (Å²) in [4.78, 5) is 21.2. The first-order chi connectivity index (χ1) is 10.7. The predicted octanol–water partition coefficient (Wildman–Crippen LogP) is 2.97. The van der Waals surface area contributed by atoms with Gasteiger partial charge in [-0.2, -0.15) is 0 Å². The lowest BCUT2D eigenvalue weighted by Gasteiger charge is -2.29. The number of nitrogens with one attached hydrogen (secondary N) is 1. The lowest BCUT2D eigenvalue weighted by molar-refractivity contribution is 0.0893. The first-order valence-electron chi connectivity index (χ1n) is 7.51. The first kappa shape index (κ1) is 15.0. The molecule has 6 heteroatoms. The third-order valence-electron chi connectivity index (χ3n) is 3.89. The van der Waals surface area contributed by atoms with Crippen LogP contribution in [0.5, 0.6) is 5.88 Å². The van der Waals surface area contributed by atoms with Gasteiger partial charge in [-0.3, -0.25) is 4.79 Å². The van der Waals surface area contributed by atoms with Gasteiger partial charge in [0.2, 0.25) is 5.88 Å². The van der Waals surface area contributed by atoms with Crippen LogP contribution in [0.1, 0.15) is 41.0 Å². The van der Waals surface area contributed by atoms with Crippen molar-refractivity contribution in [2.45, 2.75) is 44.8 Å². The Morgan fingerprint density at radius 1 is 1.27 bits per heavy atom. The van der Waals surface area contributed by atoms with E-state index in [1.807, 2.05) is 25.1 Å². The van der Waals surface area contributed by atoms with Crippen LogP contribution >= 0.6 is 11.3 Å². The Balaban J connectivity index is 1.48. The maximum atomic E-state index is 12.2. The Morgan fingerprint density at radius 2 is 2.09 bits per heavy atom. The van der Waals surface area contributed by atoms with E-state index < -0.39 is 0 Å². The summed E-state index contributed by atoms with van der Waals surface area (Å²) in [5.74, 6) is 0.671. The quantitative estimate of drug-likeness (QED) is 0.941. The molecule has 0 unspecified atom stereocenters. The molecule has 116 valence electrons. The number of amides is 1. The smallest absolute Gasteiger partial charge is 0.263 e. The van der Waals surface area contributed by atoms with Gasteiger partial charge in [0.05, 0.1) is 11.2 Å². The van der Waals surface area contributed by atoms with Crippen LogP contribution in [0.15, 0.2) is 29.9 Å². The molecule has 1 saturated carbocycles. The zero-order valence-electron chi connectivity index (χ0n) is 12.5. The molecule has 22 heavy (non-hydrogen) atoms. The second-order valence-electron chi connectivity index (χ2n) is 5.50. The number of aromatic nitrogens is 2. The molecule has 1 aliphatic carbocycles. The highest BCUT2D eigenvalue weighted by atomic mass is 32.1. The van der Waals surface area contributed by atoms with Crippen LogP contribution < -0.4 is 10.1 Å². The third-order valence-corrected chi connectivity index (χ3v) is 4.81. The highest BCUT2D eigenvalue weighted by Crippen LogP contribution is 2.23. The van der Waals surface area contributed by atoms with Gasteiger partial charge in [0.25, 0.3) is 5.91 Å². The van der Waals surface area contributed by atoms with Crippen LogP contribution in [-0.4, -0.2) is 28.0 Å². The fourth-order valence-electron chi connectivity index (χ4n) is 2.68. The molecule has 3 rings (SSSR count). The molecular weight excluding hydrogens is 298 g/mol. The summed E-state index contributed by atoms with van der Waals surface area (Å²) in [6.07, 6.45) is 5.65. The highest BCUT2D eigenvalue weighted by molar-refractivity contribution is 7.11. The first-order valence-corrected chi connectivity index (χ1v) is 8.39. The summed E-state index contributed by atoms with van der Waals surface area (Å²) < 4.78 is 5.87. The molecule has 0 atom stereocenters. The minimum atomic E-state index is -0.00547. The van der Waals surface area contributed by atoms with Crippen molar-refractivity contribution in [3.63, 3.8) is 0 Å². The average Bonchev–Trinajstić information content (AvgIpc) is 2.96. The highest BCUT2D eigenvalue weighted by Gasteiger charge is 2.25. The zero-order chi connectivity index (χ0) is 15.4. The Hall–Kier alpha value is -1.95. The molecule has 0 bridgehead atoms. The molecule has 0 aromatic carbocycles. The summed E-state index contributed by atoms with van der Waals surface area (Å²) in [5.41, 5.74) is 2.51. The van der Waals surface area contributed by atoms with Crippen molar-refractivity contribution in [1.82, 2.24) is 15.3 Å². The summed E-state index contributed by atoms with van der Waals surface area (Å²) in [6.45, 7) is 1.86. The molecule has 5 nitrogen and oxygen atoms in total. The van der Waals surface area contributed by atoms with Crippen molar-refractivity contribution in [3.8, 4) is 5.88 Å². The molecule has 2 aromatic rings. The maximum absolute atomic E-state index is 12.2. The molecular formula is C16H19N3O2S. The fourth-order valence-corrected chi connectivity index (χ4v) is 3.39. The molecule has 1 amide bonds. The molecule has 0 saturated heterocycles. The van der Waals surface area contributed by atoms with Crippen LogP contribution in [-0.2, 0) is 0 Å². The number of carbonyl (C=O) groups is 1. The van der Waals surface area contributed by atoms with Gasteiger partial charge in [-0.25, -0.2) is 9.97 Å².